The molecule has 4 nitrogen and oxygen atoms in total. The smallest absolute Gasteiger partial charge is 0.274 e. The summed E-state index contributed by atoms with van der Waals surface area (Å²) in [5.74, 6) is 1.73. The first-order valence-electron chi connectivity index (χ1n) is 9.88. The van der Waals surface area contributed by atoms with Gasteiger partial charge in [0.2, 0.25) is 0 Å². The van der Waals surface area contributed by atoms with Crippen LogP contribution in [0.3, 0.4) is 0 Å². The summed E-state index contributed by atoms with van der Waals surface area (Å²) in [6, 6.07) is 4.46. The Kier molecular flexibility index (Phi) is 3.55. The van der Waals surface area contributed by atoms with Crippen molar-refractivity contribution in [2.75, 3.05) is 13.1 Å². The molecule has 3 aliphatic carbocycles. The maximum absolute atomic E-state index is 14.4. The quantitative estimate of drug-likeness (QED) is 0.641. The molecule has 1 amide bonds. The number of carbonyl (C=O) groups excluding carboxylic acids is 1. The van der Waals surface area contributed by atoms with Crippen LogP contribution in [0.4, 0.5) is 4.39 Å². The van der Waals surface area contributed by atoms with E-state index in [1.54, 1.807) is 17.6 Å². The lowest BCUT2D eigenvalue weighted by molar-refractivity contribution is -0.0423. The Morgan fingerprint density at radius 3 is 3.04 bits per heavy atom. The van der Waals surface area contributed by atoms with Gasteiger partial charge in [0.15, 0.2) is 0 Å². The summed E-state index contributed by atoms with van der Waals surface area (Å²) >= 11 is 0. The molecule has 5 rings (SSSR count). The SMILES string of the molecule is CC12CN(Cc3ccc(C(=O)NO)cc3F)CCC1C1CC3CC3(C1)C2. The number of hydrogen-bond donors (Lipinski definition) is 2. The van der Waals surface area contributed by atoms with E-state index >= 15 is 0 Å². The standard InChI is InChI=1S/C21H27FN2O2/c1-20-11-21-8-15(6-16(21)9-21)17(20)4-5-24(12-20)10-14-3-2-13(7-18(14)22)19(25)23-26/h2-3,7,15-17,26H,4-6,8-12H2,1H3,(H,23,25). The number of carbonyl (C=O) groups is 1. The number of rotatable bonds is 3. The van der Waals surface area contributed by atoms with E-state index in [0.29, 0.717) is 22.9 Å². The summed E-state index contributed by atoms with van der Waals surface area (Å²) in [6.07, 6.45) is 6.98. The Hall–Kier alpha value is -1.46. The summed E-state index contributed by atoms with van der Waals surface area (Å²) < 4.78 is 14.4. The molecule has 1 saturated heterocycles. The van der Waals surface area contributed by atoms with E-state index in [0.717, 1.165) is 30.8 Å². The maximum atomic E-state index is 14.4. The first-order chi connectivity index (χ1) is 12.4. The molecule has 0 aromatic heterocycles. The summed E-state index contributed by atoms with van der Waals surface area (Å²) in [5, 5.41) is 8.69. The molecule has 0 radical (unpaired) electrons. The van der Waals surface area contributed by atoms with Gasteiger partial charge in [0, 0.05) is 24.2 Å². The number of benzene rings is 1. The third-order valence-corrected chi connectivity index (χ3v) is 7.99. The van der Waals surface area contributed by atoms with Gasteiger partial charge in [-0.25, -0.2) is 9.87 Å². The Labute approximate surface area is 153 Å². The van der Waals surface area contributed by atoms with E-state index in [2.05, 4.69) is 11.8 Å². The van der Waals surface area contributed by atoms with Crippen LogP contribution in [0.2, 0.25) is 0 Å². The number of amides is 1. The number of hydrogen-bond acceptors (Lipinski definition) is 3. The van der Waals surface area contributed by atoms with Gasteiger partial charge in [0.05, 0.1) is 0 Å². The highest BCUT2D eigenvalue weighted by Crippen LogP contribution is 2.76. The van der Waals surface area contributed by atoms with Gasteiger partial charge in [0.25, 0.3) is 5.91 Å². The van der Waals surface area contributed by atoms with Crippen molar-refractivity contribution in [3.8, 4) is 0 Å². The fourth-order valence-electron chi connectivity index (χ4n) is 7.01. The van der Waals surface area contributed by atoms with Crippen LogP contribution < -0.4 is 5.48 Å². The minimum atomic E-state index is -0.681. The molecule has 2 bridgehead atoms. The van der Waals surface area contributed by atoms with Crippen molar-refractivity contribution in [1.82, 2.24) is 10.4 Å². The van der Waals surface area contributed by atoms with Gasteiger partial charge in [-0.3, -0.25) is 14.9 Å². The monoisotopic (exact) mass is 358 g/mol. The molecule has 4 aliphatic rings. The third-order valence-electron chi connectivity index (χ3n) is 7.99. The van der Waals surface area contributed by atoms with Crippen molar-refractivity contribution < 1.29 is 14.4 Å². The zero-order valence-corrected chi connectivity index (χ0v) is 15.3. The summed E-state index contributed by atoms with van der Waals surface area (Å²) in [6.45, 7) is 5.16. The highest BCUT2D eigenvalue weighted by atomic mass is 19.1. The molecule has 140 valence electrons. The molecular weight excluding hydrogens is 331 g/mol. The molecule has 5 atom stereocenters. The average Bonchev–Trinajstić information content (AvgIpc) is 3.15. The number of halogens is 1. The molecule has 26 heavy (non-hydrogen) atoms. The highest BCUT2D eigenvalue weighted by molar-refractivity contribution is 5.93. The van der Waals surface area contributed by atoms with Crippen molar-refractivity contribution in [1.29, 1.82) is 0 Å². The van der Waals surface area contributed by atoms with E-state index in [9.17, 15) is 9.18 Å². The number of hydroxylamine groups is 1. The molecule has 1 aromatic carbocycles. The summed E-state index contributed by atoms with van der Waals surface area (Å²) in [4.78, 5) is 13.8. The average molecular weight is 358 g/mol. The Balaban J connectivity index is 1.31. The van der Waals surface area contributed by atoms with Crippen LogP contribution in [0.1, 0.15) is 54.9 Å². The minimum Gasteiger partial charge on any atom is -0.298 e. The Morgan fingerprint density at radius 2 is 2.27 bits per heavy atom. The second-order valence-electron chi connectivity index (χ2n) is 9.65. The van der Waals surface area contributed by atoms with Gasteiger partial charge in [-0.15, -0.1) is 0 Å². The number of nitrogens with zero attached hydrogens (tertiary/aromatic N) is 1. The zero-order chi connectivity index (χ0) is 18.1. The van der Waals surface area contributed by atoms with E-state index in [1.165, 1.54) is 38.2 Å². The molecular formula is C21H27FN2O2. The van der Waals surface area contributed by atoms with Crippen molar-refractivity contribution >= 4 is 5.91 Å². The van der Waals surface area contributed by atoms with E-state index in [4.69, 9.17) is 5.21 Å². The number of nitrogens with one attached hydrogen (secondary N) is 1. The van der Waals surface area contributed by atoms with Crippen molar-refractivity contribution in [2.24, 2.45) is 28.6 Å². The third kappa shape index (κ3) is 2.43. The van der Waals surface area contributed by atoms with E-state index < -0.39 is 5.91 Å². The van der Waals surface area contributed by atoms with Gasteiger partial charge in [-0.05, 0) is 79.4 Å². The molecule has 4 fully saturated rings. The molecule has 5 heteroatoms. The van der Waals surface area contributed by atoms with Crippen LogP contribution in [0.25, 0.3) is 0 Å². The van der Waals surface area contributed by atoms with Crippen LogP contribution in [0.5, 0.6) is 0 Å². The van der Waals surface area contributed by atoms with Gasteiger partial charge < -0.3 is 0 Å². The summed E-state index contributed by atoms with van der Waals surface area (Å²) in [5.41, 5.74) is 3.36. The van der Waals surface area contributed by atoms with Gasteiger partial charge >= 0.3 is 0 Å². The predicted octanol–water partition coefficient (Wildman–Crippen LogP) is 3.59. The second-order valence-corrected chi connectivity index (χ2v) is 9.65. The summed E-state index contributed by atoms with van der Waals surface area (Å²) in [7, 11) is 0. The fraction of sp³-hybridized carbons (Fsp3) is 0.667. The number of fused-ring (bicyclic) bond motifs is 3. The van der Waals surface area contributed by atoms with Crippen LogP contribution in [-0.2, 0) is 6.54 Å². The van der Waals surface area contributed by atoms with Crippen molar-refractivity contribution in [2.45, 2.75) is 45.6 Å². The molecule has 1 aliphatic heterocycles. The molecule has 1 heterocycles. The fourth-order valence-corrected chi connectivity index (χ4v) is 7.01. The molecule has 1 spiro atoms. The molecule has 3 saturated carbocycles. The van der Waals surface area contributed by atoms with Crippen LogP contribution >= 0.6 is 0 Å². The van der Waals surface area contributed by atoms with Gasteiger partial charge in [-0.1, -0.05) is 13.0 Å². The highest BCUT2D eigenvalue weighted by Gasteiger charge is 2.68. The first kappa shape index (κ1) is 16.7. The topological polar surface area (TPSA) is 52.6 Å². The minimum absolute atomic E-state index is 0.141. The normalized spacial score (nSPS) is 40.7. The van der Waals surface area contributed by atoms with E-state index in [-0.39, 0.29) is 11.4 Å². The largest absolute Gasteiger partial charge is 0.298 e. The van der Waals surface area contributed by atoms with E-state index in [1.807, 2.05) is 0 Å². The maximum Gasteiger partial charge on any atom is 0.274 e. The first-order valence-corrected chi connectivity index (χ1v) is 9.88. The van der Waals surface area contributed by atoms with Gasteiger partial charge in [0.1, 0.15) is 5.82 Å². The van der Waals surface area contributed by atoms with Crippen molar-refractivity contribution in [3.63, 3.8) is 0 Å². The number of piperidine rings is 1. The number of likely N-dealkylation sites (tertiary alicyclic amines) is 1. The van der Waals surface area contributed by atoms with Crippen LogP contribution in [0.15, 0.2) is 18.2 Å². The molecule has 1 aromatic rings. The lowest BCUT2D eigenvalue weighted by Gasteiger charge is -2.53. The Morgan fingerprint density at radius 1 is 1.42 bits per heavy atom. The second kappa shape index (κ2) is 5.52. The van der Waals surface area contributed by atoms with Crippen LogP contribution in [-0.4, -0.2) is 29.1 Å². The van der Waals surface area contributed by atoms with Crippen LogP contribution in [0, 0.1) is 34.4 Å². The molecule has 2 N–H and O–H groups in total. The van der Waals surface area contributed by atoms with Gasteiger partial charge in [-0.2, -0.15) is 0 Å². The van der Waals surface area contributed by atoms with Crippen molar-refractivity contribution in [3.05, 3.63) is 35.1 Å². The predicted molar refractivity (Wildman–Crippen MR) is 95.0 cm³/mol. The lowest BCUT2D eigenvalue weighted by atomic mass is 9.57. The Bertz CT molecular complexity index is 768. The molecule has 5 unspecified atom stereocenters. The zero-order valence-electron chi connectivity index (χ0n) is 15.3. The lowest BCUT2D eigenvalue weighted by Crippen LogP contribution is -2.52.